The van der Waals surface area contributed by atoms with E-state index in [1.54, 1.807) is 7.11 Å². The average Bonchev–Trinajstić information content (AvgIpc) is 2.84. The Morgan fingerprint density at radius 3 is 2.58 bits per heavy atom. The van der Waals surface area contributed by atoms with Gasteiger partial charge >= 0.3 is 0 Å². The number of thiophene rings is 1. The van der Waals surface area contributed by atoms with Crippen molar-refractivity contribution in [3.05, 3.63) is 57.3 Å². The molecule has 1 heterocycles. The minimum atomic E-state index is 0.385. The lowest BCUT2D eigenvalue weighted by molar-refractivity contribution is 0.184. The van der Waals surface area contributed by atoms with E-state index in [0.29, 0.717) is 12.6 Å². The molecule has 1 unspecified atom stereocenters. The molecule has 2 aromatic rings. The second kappa shape index (κ2) is 6.85. The summed E-state index contributed by atoms with van der Waals surface area (Å²) in [7, 11) is 1.74. The van der Waals surface area contributed by atoms with Gasteiger partial charge in [-0.25, -0.2) is 0 Å². The van der Waals surface area contributed by atoms with Crippen molar-refractivity contribution in [2.45, 2.75) is 33.0 Å². The van der Waals surface area contributed by atoms with E-state index in [4.69, 9.17) is 4.74 Å². The van der Waals surface area contributed by atoms with E-state index in [1.807, 2.05) is 11.3 Å². The molecule has 0 amide bonds. The summed E-state index contributed by atoms with van der Waals surface area (Å²) in [5, 5.41) is 5.75. The fourth-order valence-electron chi connectivity index (χ4n) is 2.21. The molecule has 0 bridgehead atoms. The standard InChI is InChI=1S/C16H21NOS/c1-12-8-9-19-16(12)13(2)17-10-14-6-4-5-7-15(14)11-18-3/h4-9,13,17H,10-11H2,1-3H3. The van der Waals surface area contributed by atoms with E-state index in [1.165, 1.54) is 21.6 Å². The molecule has 1 N–H and O–H groups in total. The van der Waals surface area contributed by atoms with Crippen LogP contribution in [0.25, 0.3) is 0 Å². The number of ether oxygens (including phenoxy) is 1. The van der Waals surface area contributed by atoms with Crippen LogP contribution in [0.4, 0.5) is 0 Å². The Labute approximate surface area is 119 Å². The molecule has 0 aliphatic carbocycles. The van der Waals surface area contributed by atoms with Gasteiger partial charge < -0.3 is 10.1 Å². The van der Waals surface area contributed by atoms with Gasteiger partial charge in [-0.1, -0.05) is 24.3 Å². The molecule has 0 radical (unpaired) electrons. The normalized spacial score (nSPS) is 12.6. The molecule has 102 valence electrons. The molecular weight excluding hydrogens is 254 g/mol. The third kappa shape index (κ3) is 3.66. The Hall–Kier alpha value is -1.16. The lowest BCUT2D eigenvalue weighted by atomic mass is 10.1. The van der Waals surface area contributed by atoms with Crippen molar-refractivity contribution >= 4 is 11.3 Å². The fraction of sp³-hybridized carbons (Fsp3) is 0.375. The number of benzene rings is 1. The van der Waals surface area contributed by atoms with Gasteiger partial charge in [-0.15, -0.1) is 11.3 Å². The quantitative estimate of drug-likeness (QED) is 0.858. The molecule has 2 rings (SSSR count). The maximum Gasteiger partial charge on any atom is 0.0716 e. The highest BCUT2D eigenvalue weighted by molar-refractivity contribution is 7.10. The zero-order valence-electron chi connectivity index (χ0n) is 11.8. The predicted octanol–water partition coefficient (Wildman–Crippen LogP) is 4.05. The van der Waals surface area contributed by atoms with Crippen LogP contribution in [0.5, 0.6) is 0 Å². The smallest absolute Gasteiger partial charge is 0.0716 e. The summed E-state index contributed by atoms with van der Waals surface area (Å²) in [6, 6.07) is 11.0. The van der Waals surface area contributed by atoms with Crippen LogP contribution in [0.2, 0.25) is 0 Å². The summed E-state index contributed by atoms with van der Waals surface area (Å²) in [5.41, 5.74) is 3.94. The van der Waals surface area contributed by atoms with Crippen LogP contribution >= 0.6 is 11.3 Å². The Morgan fingerprint density at radius 1 is 1.21 bits per heavy atom. The highest BCUT2D eigenvalue weighted by Crippen LogP contribution is 2.24. The molecule has 0 spiro atoms. The molecule has 0 aliphatic heterocycles. The van der Waals surface area contributed by atoms with Crippen LogP contribution in [-0.4, -0.2) is 7.11 Å². The van der Waals surface area contributed by atoms with Gasteiger partial charge in [-0.2, -0.15) is 0 Å². The first kappa shape index (κ1) is 14.3. The Kier molecular flexibility index (Phi) is 5.14. The third-order valence-corrected chi connectivity index (χ3v) is 4.51. The monoisotopic (exact) mass is 275 g/mol. The highest BCUT2D eigenvalue weighted by Gasteiger charge is 2.10. The predicted molar refractivity (Wildman–Crippen MR) is 81.5 cm³/mol. The van der Waals surface area contributed by atoms with Gasteiger partial charge in [-0.05, 0) is 42.0 Å². The van der Waals surface area contributed by atoms with E-state index in [9.17, 15) is 0 Å². The van der Waals surface area contributed by atoms with Crippen molar-refractivity contribution in [3.63, 3.8) is 0 Å². The van der Waals surface area contributed by atoms with E-state index in [2.05, 4.69) is 54.9 Å². The van der Waals surface area contributed by atoms with E-state index >= 15 is 0 Å². The molecule has 0 fully saturated rings. The number of aryl methyl sites for hydroxylation is 1. The Morgan fingerprint density at radius 2 is 1.95 bits per heavy atom. The minimum Gasteiger partial charge on any atom is -0.380 e. The summed E-state index contributed by atoms with van der Waals surface area (Å²) in [4.78, 5) is 1.42. The molecule has 0 saturated carbocycles. The van der Waals surface area contributed by atoms with Crippen molar-refractivity contribution in [2.75, 3.05) is 7.11 Å². The zero-order chi connectivity index (χ0) is 13.7. The molecule has 19 heavy (non-hydrogen) atoms. The summed E-state index contributed by atoms with van der Waals surface area (Å²) < 4.78 is 5.24. The molecule has 1 atom stereocenters. The topological polar surface area (TPSA) is 21.3 Å². The highest BCUT2D eigenvalue weighted by atomic mass is 32.1. The number of hydrogen-bond donors (Lipinski definition) is 1. The number of rotatable bonds is 6. The maximum absolute atomic E-state index is 5.24. The second-order valence-electron chi connectivity index (χ2n) is 4.77. The van der Waals surface area contributed by atoms with Gasteiger partial charge in [0, 0.05) is 24.6 Å². The van der Waals surface area contributed by atoms with Gasteiger partial charge in [-0.3, -0.25) is 0 Å². The molecule has 3 heteroatoms. The lowest BCUT2D eigenvalue weighted by Gasteiger charge is -2.15. The number of hydrogen-bond acceptors (Lipinski definition) is 3. The van der Waals surface area contributed by atoms with Crippen LogP contribution < -0.4 is 5.32 Å². The van der Waals surface area contributed by atoms with Gasteiger partial charge in [0.15, 0.2) is 0 Å². The Balaban J connectivity index is 2.01. The van der Waals surface area contributed by atoms with Crippen LogP contribution in [0.1, 0.15) is 34.5 Å². The first-order chi connectivity index (χ1) is 9.22. The zero-order valence-corrected chi connectivity index (χ0v) is 12.6. The van der Waals surface area contributed by atoms with Crippen LogP contribution in [0, 0.1) is 6.92 Å². The van der Waals surface area contributed by atoms with E-state index < -0.39 is 0 Å². The van der Waals surface area contributed by atoms with E-state index in [-0.39, 0.29) is 0 Å². The molecule has 0 aliphatic rings. The fourth-order valence-corrected chi connectivity index (χ4v) is 3.17. The molecule has 0 saturated heterocycles. The van der Waals surface area contributed by atoms with Crippen LogP contribution in [-0.2, 0) is 17.9 Å². The van der Waals surface area contributed by atoms with Crippen molar-refractivity contribution < 1.29 is 4.74 Å². The Bertz CT molecular complexity index is 521. The summed E-state index contributed by atoms with van der Waals surface area (Å²) in [6.07, 6.45) is 0. The van der Waals surface area contributed by atoms with E-state index in [0.717, 1.165) is 6.54 Å². The van der Waals surface area contributed by atoms with Gasteiger partial charge in [0.1, 0.15) is 0 Å². The van der Waals surface area contributed by atoms with Gasteiger partial charge in [0.2, 0.25) is 0 Å². The minimum absolute atomic E-state index is 0.385. The van der Waals surface area contributed by atoms with Crippen LogP contribution in [0.3, 0.4) is 0 Å². The van der Waals surface area contributed by atoms with Crippen molar-refractivity contribution in [1.29, 1.82) is 0 Å². The first-order valence-electron chi connectivity index (χ1n) is 6.55. The second-order valence-corrected chi connectivity index (χ2v) is 5.72. The van der Waals surface area contributed by atoms with Crippen LogP contribution in [0.15, 0.2) is 35.7 Å². The van der Waals surface area contributed by atoms with Crippen molar-refractivity contribution in [1.82, 2.24) is 5.32 Å². The summed E-state index contributed by atoms with van der Waals surface area (Å²) in [6.45, 7) is 5.93. The van der Waals surface area contributed by atoms with Crippen molar-refractivity contribution in [3.8, 4) is 0 Å². The lowest BCUT2D eigenvalue weighted by Crippen LogP contribution is -2.18. The summed E-state index contributed by atoms with van der Waals surface area (Å²) >= 11 is 1.82. The average molecular weight is 275 g/mol. The largest absolute Gasteiger partial charge is 0.380 e. The van der Waals surface area contributed by atoms with Gasteiger partial charge in [0.05, 0.1) is 6.61 Å². The molecule has 2 nitrogen and oxygen atoms in total. The molecular formula is C16H21NOS. The molecule has 1 aromatic heterocycles. The SMILES string of the molecule is COCc1ccccc1CNC(C)c1sccc1C. The van der Waals surface area contributed by atoms with Crippen molar-refractivity contribution in [2.24, 2.45) is 0 Å². The number of methoxy groups -OCH3 is 1. The number of nitrogens with one attached hydrogen (secondary N) is 1. The first-order valence-corrected chi connectivity index (χ1v) is 7.43. The maximum atomic E-state index is 5.24. The third-order valence-electron chi connectivity index (χ3n) is 3.31. The van der Waals surface area contributed by atoms with Gasteiger partial charge in [0.25, 0.3) is 0 Å². The molecule has 1 aromatic carbocycles. The summed E-state index contributed by atoms with van der Waals surface area (Å²) in [5.74, 6) is 0.